The van der Waals surface area contributed by atoms with Gasteiger partial charge in [0.15, 0.2) is 5.60 Å². The van der Waals surface area contributed by atoms with E-state index in [1.807, 2.05) is 0 Å². The van der Waals surface area contributed by atoms with Gasteiger partial charge in [0, 0.05) is 18.1 Å². The van der Waals surface area contributed by atoms with Crippen molar-refractivity contribution in [3.05, 3.63) is 0 Å². The molecule has 0 rings (SSSR count). The molecule has 0 amide bonds. The monoisotopic (exact) mass is 193 g/mol. The van der Waals surface area contributed by atoms with Crippen molar-refractivity contribution in [3.63, 3.8) is 0 Å². The summed E-state index contributed by atoms with van der Waals surface area (Å²) < 4.78 is 4.41. The van der Waals surface area contributed by atoms with E-state index in [9.17, 15) is 9.90 Å². The molecule has 0 heterocycles. The Labute approximate surface area is 76.5 Å². The average Bonchev–Trinajstić information content (AvgIpc) is 2.03. The Hall–Kier alpha value is -0.260. The molecule has 0 saturated carbocycles. The molecule has 0 saturated heterocycles. The molecule has 0 fully saturated rings. The van der Waals surface area contributed by atoms with Crippen molar-refractivity contribution in [2.45, 2.75) is 12.5 Å². The van der Waals surface area contributed by atoms with E-state index in [4.69, 9.17) is 5.73 Å². The predicted molar refractivity (Wildman–Crippen MR) is 49.0 cm³/mol. The predicted octanol–water partition coefficient (Wildman–Crippen LogP) is -0.398. The lowest BCUT2D eigenvalue weighted by molar-refractivity contribution is -0.158. The minimum absolute atomic E-state index is 0.316. The number of hydrogen-bond acceptors (Lipinski definition) is 5. The van der Waals surface area contributed by atoms with Gasteiger partial charge in [0.2, 0.25) is 0 Å². The zero-order valence-corrected chi connectivity index (χ0v) is 8.19. The van der Waals surface area contributed by atoms with E-state index in [2.05, 4.69) is 4.74 Å². The summed E-state index contributed by atoms with van der Waals surface area (Å²) in [6.45, 7) is 1.98. The fourth-order valence-corrected chi connectivity index (χ4v) is 1.46. The maximum absolute atomic E-state index is 10.9. The molecule has 3 N–H and O–H groups in total. The number of esters is 1. The molecule has 0 bridgehead atoms. The van der Waals surface area contributed by atoms with Gasteiger partial charge in [0.05, 0.1) is 7.11 Å². The minimum Gasteiger partial charge on any atom is -0.467 e. The number of rotatable bonds is 5. The van der Waals surface area contributed by atoms with E-state index in [0.29, 0.717) is 12.3 Å². The van der Waals surface area contributed by atoms with E-state index < -0.39 is 11.6 Å². The van der Waals surface area contributed by atoms with E-state index >= 15 is 0 Å². The molecule has 5 heteroatoms. The third-order valence-electron chi connectivity index (χ3n) is 1.27. The molecule has 4 nitrogen and oxygen atoms in total. The van der Waals surface area contributed by atoms with Crippen LogP contribution in [0.15, 0.2) is 0 Å². The van der Waals surface area contributed by atoms with Crippen molar-refractivity contribution < 1.29 is 14.6 Å². The summed E-state index contributed by atoms with van der Waals surface area (Å²) in [5.41, 5.74) is 3.85. The van der Waals surface area contributed by atoms with Gasteiger partial charge in [-0.2, -0.15) is 11.8 Å². The summed E-state index contributed by atoms with van der Waals surface area (Å²) >= 11 is 1.43. The number of aliphatic hydroxyl groups is 1. The van der Waals surface area contributed by atoms with Gasteiger partial charge in [-0.3, -0.25) is 0 Å². The summed E-state index contributed by atoms with van der Waals surface area (Å²) in [6.07, 6.45) is 0. The zero-order chi connectivity index (χ0) is 9.61. The van der Waals surface area contributed by atoms with Gasteiger partial charge >= 0.3 is 5.97 Å². The van der Waals surface area contributed by atoms with Gasteiger partial charge in [-0.1, -0.05) is 0 Å². The Balaban J connectivity index is 3.78. The first kappa shape index (κ1) is 11.7. The third-order valence-corrected chi connectivity index (χ3v) is 2.56. The van der Waals surface area contributed by atoms with Crippen LogP contribution in [0.4, 0.5) is 0 Å². The van der Waals surface area contributed by atoms with Crippen molar-refractivity contribution >= 4 is 17.7 Å². The van der Waals surface area contributed by atoms with Crippen LogP contribution >= 0.6 is 11.8 Å². The Bertz CT molecular complexity index is 150. The molecule has 0 aromatic carbocycles. The molecule has 0 aliphatic heterocycles. The standard InChI is InChI=1S/C7H15NO3S/c1-7(10,6(9)11-2)5-12-4-3-8/h10H,3-5,8H2,1-2H3. The highest BCUT2D eigenvalue weighted by Gasteiger charge is 2.30. The van der Waals surface area contributed by atoms with Crippen LogP contribution in [0.5, 0.6) is 0 Å². The Morgan fingerprint density at radius 1 is 1.75 bits per heavy atom. The van der Waals surface area contributed by atoms with Crippen molar-refractivity contribution in [3.8, 4) is 0 Å². The molecule has 0 spiro atoms. The molecule has 0 aromatic rings. The maximum Gasteiger partial charge on any atom is 0.338 e. The van der Waals surface area contributed by atoms with Crippen molar-refractivity contribution in [1.82, 2.24) is 0 Å². The van der Waals surface area contributed by atoms with Crippen LogP contribution in [-0.4, -0.2) is 41.8 Å². The quantitative estimate of drug-likeness (QED) is 0.459. The van der Waals surface area contributed by atoms with Gasteiger partial charge < -0.3 is 15.6 Å². The van der Waals surface area contributed by atoms with Crippen LogP contribution in [-0.2, 0) is 9.53 Å². The second-order valence-corrected chi connectivity index (χ2v) is 3.71. The molecule has 72 valence electrons. The van der Waals surface area contributed by atoms with E-state index in [1.165, 1.54) is 25.8 Å². The van der Waals surface area contributed by atoms with Crippen LogP contribution in [0.25, 0.3) is 0 Å². The molecule has 1 unspecified atom stereocenters. The molecular formula is C7H15NO3S. The number of carbonyl (C=O) groups is 1. The summed E-state index contributed by atoms with van der Waals surface area (Å²) in [4.78, 5) is 10.9. The molecule has 0 aliphatic rings. The Morgan fingerprint density at radius 3 is 2.75 bits per heavy atom. The lowest BCUT2D eigenvalue weighted by atomic mass is 10.1. The first-order chi connectivity index (χ1) is 5.54. The van der Waals surface area contributed by atoms with E-state index in [0.717, 1.165) is 5.75 Å². The molecule has 12 heavy (non-hydrogen) atoms. The normalized spacial score (nSPS) is 15.3. The molecule has 0 aromatic heterocycles. The SMILES string of the molecule is COC(=O)C(C)(O)CSCCN. The van der Waals surface area contributed by atoms with Gasteiger partial charge in [-0.25, -0.2) is 4.79 Å². The maximum atomic E-state index is 10.9. The number of thioether (sulfide) groups is 1. The molecule has 0 aliphatic carbocycles. The zero-order valence-electron chi connectivity index (χ0n) is 7.37. The highest BCUT2D eigenvalue weighted by atomic mass is 32.2. The van der Waals surface area contributed by atoms with Gasteiger partial charge in [0.25, 0.3) is 0 Å². The number of carbonyl (C=O) groups excluding carboxylic acids is 1. The Kier molecular flexibility index (Phi) is 5.28. The minimum atomic E-state index is -1.39. The Morgan fingerprint density at radius 2 is 2.33 bits per heavy atom. The second kappa shape index (κ2) is 5.40. The summed E-state index contributed by atoms with van der Waals surface area (Å²) in [5.74, 6) is 0.441. The first-order valence-electron chi connectivity index (χ1n) is 3.63. The van der Waals surface area contributed by atoms with E-state index in [1.54, 1.807) is 0 Å². The highest BCUT2D eigenvalue weighted by molar-refractivity contribution is 7.99. The highest BCUT2D eigenvalue weighted by Crippen LogP contribution is 2.13. The van der Waals surface area contributed by atoms with Crippen molar-refractivity contribution in [1.29, 1.82) is 0 Å². The number of ether oxygens (including phenoxy) is 1. The lowest BCUT2D eigenvalue weighted by Gasteiger charge is -2.19. The summed E-state index contributed by atoms with van der Waals surface area (Å²) in [7, 11) is 1.25. The number of methoxy groups -OCH3 is 1. The number of hydrogen-bond donors (Lipinski definition) is 2. The first-order valence-corrected chi connectivity index (χ1v) is 4.78. The average molecular weight is 193 g/mol. The topological polar surface area (TPSA) is 72.5 Å². The van der Waals surface area contributed by atoms with Crippen molar-refractivity contribution in [2.75, 3.05) is 25.2 Å². The smallest absolute Gasteiger partial charge is 0.338 e. The fourth-order valence-electron chi connectivity index (χ4n) is 0.633. The lowest BCUT2D eigenvalue weighted by Crippen LogP contribution is -2.39. The summed E-state index contributed by atoms with van der Waals surface area (Å²) in [5, 5.41) is 9.47. The van der Waals surface area contributed by atoms with E-state index in [-0.39, 0.29) is 0 Å². The largest absolute Gasteiger partial charge is 0.467 e. The molecule has 0 radical (unpaired) electrons. The van der Waals surface area contributed by atoms with Gasteiger partial charge in [-0.15, -0.1) is 0 Å². The van der Waals surface area contributed by atoms with Gasteiger partial charge in [-0.05, 0) is 6.92 Å². The summed E-state index contributed by atoms with van der Waals surface area (Å²) in [6, 6.07) is 0. The van der Waals surface area contributed by atoms with Crippen LogP contribution in [0.1, 0.15) is 6.92 Å². The van der Waals surface area contributed by atoms with Crippen LogP contribution in [0.2, 0.25) is 0 Å². The van der Waals surface area contributed by atoms with Crippen LogP contribution in [0.3, 0.4) is 0 Å². The van der Waals surface area contributed by atoms with Crippen LogP contribution < -0.4 is 5.73 Å². The van der Waals surface area contributed by atoms with Gasteiger partial charge in [0.1, 0.15) is 0 Å². The molecular weight excluding hydrogens is 178 g/mol. The second-order valence-electron chi connectivity index (χ2n) is 2.61. The van der Waals surface area contributed by atoms with Crippen molar-refractivity contribution in [2.24, 2.45) is 5.73 Å². The molecule has 1 atom stereocenters. The number of nitrogens with two attached hydrogens (primary N) is 1. The van der Waals surface area contributed by atoms with Crippen LogP contribution in [0, 0.1) is 0 Å². The fraction of sp³-hybridized carbons (Fsp3) is 0.857. The third kappa shape index (κ3) is 3.94.